The number of rotatable bonds is 10. The highest BCUT2D eigenvalue weighted by atomic mass is 31.2. The number of ether oxygens (including phenoxy) is 2. The van der Waals surface area contributed by atoms with Crippen LogP contribution in [0.3, 0.4) is 0 Å². The van der Waals surface area contributed by atoms with Gasteiger partial charge in [0.2, 0.25) is 0 Å². The van der Waals surface area contributed by atoms with E-state index in [9.17, 15) is 14.5 Å². The van der Waals surface area contributed by atoms with Gasteiger partial charge in [0.25, 0.3) is 0 Å². The van der Waals surface area contributed by atoms with Gasteiger partial charge in [-0.15, -0.1) is 0 Å². The smallest absolute Gasteiger partial charge is 0.459 e. The number of aromatic nitrogens is 3. The summed E-state index contributed by atoms with van der Waals surface area (Å²) in [5.74, 6) is -0.278. The molecular formula is C24H31FN5O7P. The lowest BCUT2D eigenvalue weighted by molar-refractivity contribution is -0.149. The van der Waals surface area contributed by atoms with E-state index in [1.807, 2.05) is 0 Å². The van der Waals surface area contributed by atoms with Crippen molar-refractivity contribution in [1.82, 2.24) is 19.7 Å². The van der Waals surface area contributed by atoms with E-state index in [-0.39, 0.29) is 11.6 Å². The first kappa shape index (κ1) is 27.9. The first-order valence-corrected chi connectivity index (χ1v) is 13.5. The third-order valence-electron chi connectivity index (χ3n) is 6.03. The lowest BCUT2D eigenvalue weighted by atomic mass is 9.94. The number of halogens is 1. The number of anilines is 1. The van der Waals surface area contributed by atoms with Crippen LogP contribution in [0.4, 0.5) is 10.2 Å². The van der Waals surface area contributed by atoms with E-state index in [2.05, 4.69) is 15.2 Å². The van der Waals surface area contributed by atoms with E-state index in [1.54, 1.807) is 56.3 Å². The Morgan fingerprint density at radius 1 is 1.29 bits per heavy atom. The minimum Gasteiger partial charge on any atom is -0.462 e. The van der Waals surface area contributed by atoms with Crippen LogP contribution in [0, 0.1) is 0 Å². The van der Waals surface area contributed by atoms with Gasteiger partial charge in [-0.1, -0.05) is 18.2 Å². The molecule has 2 aromatic heterocycles. The Kier molecular flexibility index (Phi) is 8.05. The maximum Gasteiger partial charge on any atom is 0.459 e. The number of para-hydroxylation sites is 1. The Labute approximate surface area is 218 Å². The van der Waals surface area contributed by atoms with Gasteiger partial charge in [-0.3, -0.25) is 9.32 Å². The molecule has 3 heterocycles. The van der Waals surface area contributed by atoms with Crippen LogP contribution in [0.15, 0.2) is 48.8 Å². The molecule has 38 heavy (non-hydrogen) atoms. The average Bonchev–Trinajstić information content (AvgIpc) is 3.40. The molecule has 206 valence electrons. The van der Waals surface area contributed by atoms with Crippen molar-refractivity contribution in [1.29, 1.82) is 0 Å². The standard InChI is InChI=1S/C24H31FN5O7P/c1-14(2)35-23(32)15(3)29-38(33,37-16-8-6-5-7-9-16)34-12-18-20(31)21(25)24(4,36-18)19-11-10-17-22(26)27-13-28-30(17)19/h5-11,13-15,18,20-21,31H,12H2,1-4H3,(H,29,33)(H2,26,27,28)/t15-,18+,20+,21+,24-,38?/m0/s1. The molecule has 1 aromatic carbocycles. The molecule has 0 bridgehead atoms. The van der Waals surface area contributed by atoms with Crippen LogP contribution in [-0.4, -0.2) is 62.8 Å². The number of fused-ring (bicyclic) bond motifs is 1. The normalized spacial score (nSPS) is 25.8. The molecule has 4 N–H and O–H groups in total. The number of carbonyl (C=O) groups excluding carboxylic acids is 1. The number of nitrogen functional groups attached to an aromatic ring is 1. The van der Waals surface area contributed by atoms with E-state index < -0.39 is 56.4 Å². The van der Waals surface area contributed by atoms with Gasteiger partial charge in [-0.25, -0.2) is 18.5 Å². The Hall–Kier alpha value is -3.09. The molecule has 0 aliphatic carbocycles. The number of carbonyl (C=O) groups is 1. The number of benzene rings is 1. The maximum atomic E-state index is 15.5. The zero-order valence-electron chi connectivity index (χ0n) is 21.4. The molecule has 1 unspecified atom stereocenters. The molecule has 0 spiro atoms. The van der Waals surface area contributed by atoms with Crippen molar-refractivity contribution < 1.29 is 37.4 Å². The number of aliphatic hydroxyl groups excluding tert-OH is 1. The highest BCUT2D eigenvalue weighted by molar-refractivity contribution is 7.52. The summed E-state index contributed by atoms with van der Waals surface area (Å²) in [5.41, 5.74) is 4.98. The summed E-state index contributed by atoms with van der Waals surface area (Å²) >= 11 is 0. The number of esters is 1. The Balaban J connectivity index is 1.54. The summed E-state index contributed by atoms with van der Waals surface area (Å²) < 4.78 is 52.9. The molecule has 4 rings (SSSR count). The number of aliphatic hydroxyl groups is 1. The Morgan fingerprint density at radius 2 is 2.00 bits per heavy atom. The fraction of sp³-hybridized carbons (Fsp3) is 0.458. The van der Waals surface area contributed by atoms with E-state index in [1.165, 1.54) is 24.7 Å². The number of hydrogen-bond acceptors (Lipinski definition) is 10. The molecule has 14 heteroatoms. The van der Waals surface area contributed by atoms with Crippen LogP contribution in [0.2, 0.25) is 0 Å². The summed E-state index contributed by atoms with van der Waals surface area (Å²) in [6.45, 7) is 5.73. The van der Waals surface area contributed by atoms with Gasteiger partial charge < -0.3 is 24.8 Å². The van der Waals surface area contributed by atoms with Gasteiger partial charge in [0.05, 0.1) is 18.4 Å². The highest BCUT2D eigenvalue weighted by Gasteiger charge is 2.55. The van der Waals surface area contributed by atoms with Crippen LogP contribution in [0.25, 0.3) is 5.52 Å². The van der Waals surface area contributed by atoms with Crippen LogP contribution >= 0.6 is 7.75 Å². The molecule has 1 aliphatic heterocycles. The fourth-order valence-electron chi connectivity index (χ4n) is 4.13. The second-order valence-electron chi connectivity index (χ2n) is 9.35. The van der Waals surface area contributed by atoms with Gasteiger partial charge in [0, 0.05) is 0 Å². The van der Waals surface area contributed by atoms with Crippen molar-refractivity contribution in [2.24, 2.45) is 0 Å². The van der Waals surface area contributed by atoms with Crippen LogP contribution in [0.1, 0.15) is 33.4 Å². The minimum atomic E-state index is -4.25. The highest BCUT2D eigenvalue weighted by Crippen LogP contribution is 2.47. The molecule has 12 nitrogen and oxygen atoms in total. The minimum absolute atomic E-state index is 0.193. The summed E-state index contributed by atoms with van der Waals surface area (Å²) in [5, 5.41) is 17.4. The fourth-order valence-corrected chi connectivity index (χ4v) is 5.63. The van der Waals surface area contributed by atoms with Gasteiger partial charge in [0.1, 0.15) is 41.4 Å². The van der Waals surface area contributed by atoms with Gasteiger partial charge in [-0.2, -0.15) is 10.2 Å². The number of hydrogen-bond donors (Lipinski definition) is 3. The summed E-state index contributed by atoms with van der Waals surface area (Å²) in [7, 11) is -4.25. The molecule has 0 saturated carbocycles. The van der Waals surface area contributed by atoms with E-state index >= 15 is 4.39 Å². The van der Waals surface area contributed by atoms with E-state index in [4.69, 9.17) is 24.3 Å². The van der Waals surface area contributed by atoms with Crippen LogP contribution in [-0.2, 0) is 29.0 Å². The lowest BCUT2D eigenvalue weighted by Gasteiger charge is -2.27. The molecule has 1 saturated heterocycles. The molecule has 6 atom stereocenters. The molecule has 1 aliphatic rings. The maximum absolute atomic E-state index is 15.5. The monoisotopic (exact) mass is 551 g/mol. The van der Waals surface area contributed by atoms with Crippen molar-refractivity contribution in [2.45, 2.75) is 63.8 Å². The van der Waals surface area contributed by atoms with Gasteiger partial charge in [0.15, 0.2) is 12.0 Å². The molecule has 1 fully saturated rings. The zero-order valence-corrected chi connectivity index (χ0v) is 22.2. The average molecular weight is 552 g/mol. The van der Waals surface area contributed by atoms with Gasteiger partial charge in [-0.05, 0) is 52.0 Å². The van der Waals surface area contributed by atoms with E-state index in [0.717, 1.165) is 0 Å². The number of nitrogens with zero attached hydrogens (tertiary/aromatic N) is 3. The largest absolute Gasteiger partial charge is 0.462 e. The topological polar surface area (TPSA) is 160 Å². The summed E-state index contributed by atoms with van der Waals surface area (Å²) in [4.78, 5) is 16.3. The summed E-state index contributed by atoms with van der Waals surface area (Å²) in [6, 6.07) is 10.3. The van der Waals surface area contributed by atoms with Gasteiger partial charge >= 0.3 is 13.7 Å². The second-order valence-corrected chi connectivity index (χ2v) is 11.0. The van der Waals surface area contributed by atoms with Crippen LogP contribution in [0.5, 0.6) is 5.75 Å². The van der Waals surface area contributed by atoms with Crippen molar-refractivity contribution in [3.05, 3.63) is 54.5 Å². The van der Waals surface area contributed by atoms with Crippen molar-refractivity contribution in [3.63, 3.8) is 0 Å². The number of alkyl halides is 1. The molecule has 0 radical (unpaired) electrons. The van der Waals surface area contributed by atoms with Crippen molar-refractivity contribution >= 4 is 25.1 Å². The van der Waals surface area contributed by atoms with E-state index in [0.29, 0.717) is 11.2 Å². The third-order valence-corrected chi connectivity index (χ3v) is 7.67. The third kappa shape index (κ3) is 5.67. The zero-order chi connectivity index (χ0) is 27.7. The first-order chi connectivity index (χ1) is 17.9. The molecular weight excluding hydrogens is 520 g/mol. The Bertz CT molecular complexity index is 1330. The number of nitrogens with two attached hydrogens (primary N) is 1. The second kappa shape index (κ2) is 11.0. The predicted molar refractivity (Wildman–Crippen MR) is 135 cm³/mol. The lowest BCUT2D eigenvalue weighted by Crippen LogP contribution is -2.38. The molecule has 0 amide bonds. The number of nitrogens with one attached hydrogen (secondary N) is 1. The SMILES string of the molecule is CC(C)OC(=O)[C@H](C)NP(=O)(OC[C@H]1O[C@@](C)(c2ccc3c(N)ncnn23)[C@H](F)[C@@H]1O)Oc1ccccc1. The first-order valence-electron chi connectivity index (χ1n) is 12.0. The van der Waals surface area contributed by atoms with Crippen molar-refractivity contribution in [2.75, 3.05) is 12.3 Å². The predicted octanol–water partition coefficient (Wildman–Crippen LogP) is 2.76. The quantitative estimate of drug-likeness (QED) is 0.251. The Morgan fingerprint density at radius 3 is 2.68 bits per heavy atom. The summed E-state index contributed by atoms with van der Waals surface area (Å²) in [6.07, 6.45) is -3.95. The van der Waals surface area contributed by atoms with Crippen LogP contribution < -0.4 is 15.3 Å². The van der Waals surface area contributed by atoms with Crippen molar-refractivity contribution in [3.8, 4) is 5.75 Å². The molecule has 3 aromatic rings.